The molecule has 0 saturated carbocycles. The third kappa shape index (κ3) is 2.71. The van der Waals surface area contributed by atoms with Gasteiger partial charge < -0.3 is 0 Å². The SMILES string of the molecule is CC(=O)C1=C(C)OP2(Sc3ccccc3)(OCCO2)[C@@H]1c1ccccc1. The summed E-state index contributed by atoms with van der Waals surface area (Å²) in [6.45, 7) is 0.638. The second-order valence-corrected chi connectivity index (χ2v) is 12.5. The fraction of sp³-hybridized carbons (Fsp3) is 0.250. The van der Waals surface area contributed by atoms with E-state index in [0.29, 0.717) is 24.5 Å². The van der Waals surface area contributed by atoms with Crippen molar-refractivity contribution in [2.75, 3.05) is 13.2 Å². The van der Waals surface area contributed by atoms with Gasteiger partial charge in [0.25, 0.3) is 0 Å². The quantitative estimate of drug-likeness (QED) is 0.631. The standard InChI is InChI=1S/C20H21O4PS/c1-15(21)19-16(2)24-25(22-13-14-23-25,26-18-11-7-4-8-12-18)20(19)17-9-5-3-6-10-17/h3-12,20H,13-14H2,1-2H3/t20-/m1/s1. The van der Waals surface area contributed by atoms with E-state index in [4.69, 9.17) is 13.6 Å². The Morgan fingerprint density at radius 1 is 1.00 bits per heavy atom. The third-order valence-electron chi connectivity index (χ3n) is 4.61. The Labute approximate surface area is 157 Å². The van der Waals surface area contributed by atoms with Crippen LogP contribution in [0.15, 0.2) is 76.9 Å². The van der Waals surface area contributed by atoms with Crippen LogP contribution in [0.4, 0.5) is 0 Å². The van der Waals surface area contributed by atoms with Crippen molar-refractivity contribution >= 4 is 23.7 Å². The molecule has 2 aliphatic heterocycles. The molecule has 4 rings (SSSR count). The average Bonchev–Trinajstić information content (AvgIpc) is 3.16. The van der Waals surface area contributed by atoms with Crippen LogP contribution < -0.4 is 0 Å². The van der Waals surface area contributed by atoms with Crippen LogP contribution in [0.25, 0.3) is 0 Å². The molecule has 6 heteroatoms. The Hall–Kier alpha value is -1.65. The van der Waals surface area contributed by atoms with E-state index in [9.17, 15) is 4.79 Å². The molecule has 0 amide bonds. The number of Topliss-reactive ketones (excluding diaryl/α,β-unsaturated/α-hetero) is 1. The van der Waals surface area contributed by atoms with Gasteiger partial charge in [0, 0.05) is 0 Å². The van der Waals surface area contributed by atoms with Gasteiger partial charge in [-0.15, -0.1) is 0 Å². The van der Waals surface area contributed by atoms with Crippen molar-refractivity contribution in [2.24, 2.45) is 0 Å². The minimum absolute atomic E-state index is 0.00869. The fourth-order valence-corrected chi connectivity index (χ4v) is 11.7. The number of hydrogen-bond acceptors (Lipinski definition) is 5. The van der Waals surface area contributed by atoms with Gasteiger partial charge in [-0.1, -0.05) is 0 Å². The van der Waals surface area contributed by atoms with Gasteiger partial charge >= 0.3 is 157 Å². The zero-order valence-electron chi connectivity index (χ0n) is 14.8. The Kier molecular flexibility index (Phi) is 4.44. The van der Waals surface area contributed by atoms with E-state index in [1.54, 1.807) is 6.92 Å². The number of carbonyl (C=O) groups excluding carboxylic acids is 1. The minimum atomic E-state index is -3.70. The summed E-state index contributed by atoms with van der Waals surface area (Å²) in [4.78, 5) is 13.5. The van der Waals surface area contributed by atoms with Crippen molar-refractivity contribution in [1.29, 1.82) is 0 Å². The van der Waals surface area contributed by atoms with Gasteiger partial charge in [-0.2, -0.15) is 0 Å². The maximum absolute atomic E-state index is 12.5. The van der Waals surface area contributed by atoms with Gasteiger partial charge in [-0.3, -0.25) is 0 Å². The van der Waals surface area contributed by atoms with Crippen molar-refractivity contribution in [3.05, 3.63) is 77.6 Å². The van der Waals surface area contributed by atoms with Crippen LogP contribution in [0.3, 0.4) is 0 Å². The van der Waals surface area contributed by atoms with Crippen molar-refractivity contribution in [3.63, 3.8) is 0 Å². The van der Waals surface area contributed by atoms with Gasteiger partial charge in [0.1, 0.15) is 0 Å². The summed E-state index contributed by atoms with van der Waals surface area (Å²) in [6, 6.07) is 19.9. The average molecular weight is 388 g/mol. The van der Waals surface area contributed by atoms with Crippen molar-refractivity contribution < 1.29 is 18.4 Å². The second-order valence-electron chi connectivity index (χ2n) is 6.37. The summed E-state index contributed by atoms with van der Waals surface area (Å²) in [5, 5.41) is 0. The molecule has 1 fully saturated rings. The predicted molar refractivity (Wildman–Crippen MR) is 105 cm³/mol. The van der Waals surface area contributed by atoms with E-state index in [1.165, 1.54) is 11.4 Å². The number of carbonyl (C=O) groups is 1. The number of hydrogen-bond donors (Lipinski definition) is 0. The molecule has 0 aromatic heterocycles. The Morgan fingerprint density at radius 3 is 2.15 bits per heavy atom. The summed E-state index contributed by atoms with van der Waals surface area (Å²) in [5.74, 6) is 0.597. The van der Waals surface area contributed by atoms with Crippen LogP contribution in [0.1, 0.15) is 25.1 Å². The molecule has 0 aliphatic carbocycles. The van der Waals surface area contributed by atoms with Crippen molar-refractivity contribution in [2.45, 2.75) is 24.4 Å². The molecule has 0 unspecified atom stereocenters. The molecular formula is C20H21O4PS. The fourth-order valence-electron chi connectivity index (χ4n) is 3.68. The molecular weight excluding hydrogens is 367 g/mol. The number of benzene rings is 2. The molecule has 1 saturated heterocycles. The first-order valence-corrected chi connectivity index (χ1v) is 12.1. The first kappa shape index (κ1) is 17.7. The topological polar surface area (TPSA) is 44.8 Å². The molecule has 0 radical (unpaired) electrons. The van der Waals surface area contributed by atoms with Crippen molar-refractivity contribution in [1.82, 2.24) is 0 Å². The summed E-state index contributed by atoms with van der Waals surface area (Å²) in [6.07, 6.45) is 0. The molecule has 26 heavy (non-hydrogen) atoms. The Morgan fingerprint density at radius 2 is 1.58 bits per heavy atom. The summed E-state index contributed by atoms with van der Waals surface area (Å²) < 4.78 is 19.2. The van der Waals surface area contributed by atoms with Crippen LogP contribution in [0.2, 0.25) is 0 Å². The van der Waals surface area contributed by atoms with E-state index in [0.717, 1.165) is 10.5 Å². The Bertz CT molecular complexity index is 860. The molecule has 0 N–H and O–H groups in total. The molecule has 1 spiro atoms. The molecule has 136 valence electrons. The molecule has 2 aromatic rings. The van der Waals surface area contributed by atoms with Crippen LogP contribution in [0, 0.1) is 0 Å². The molecule has 1 atom stereocenters. The number of allylic oxidation sites excluding steroid dienone is 2. The van der Waals surface area contributed by atoms with E-state index < -0.39 is 6.49 Å². The van der Waals surface area contributed by atoms with E-state index >= 15 is 0 Å². The van der Waals surface area contributed by atoms with Crippen molar-refractivity contribution in [3.8, 4) is 0 Å². The Balaban J connectivity index is 1.92. The molecule has 2 aromatic carbocycles. The van der Waals surface area contributed by atoms with Crippen LogP contribution in [-0.4, -0.2) is 19.0 Å². The number of ketones is 1. The summed E-state index contributed by atoms with van der Waals surface area (Å²) in [5.41, 5.74) is 1.28. The van der Waals surface area contributed by atoms with E-state index in [-0.39, 0.29) is 11.4 Å². The third-order valence-corrected chi connectivity index (χ3v) is 11.8. The van der Waals surface area contributed by atoms with Gasteiger partial charge in [0.15, 0.2) is 0 Å². The van der Waals surface area contributed by atoms with Crippen LogP contribution in [0.5, 0.6) is 0 Å². The maximum atomic E-state index is 12.5. The normalized spacial score (nSPS) is 24.8. The van der Waals surface area contributed by atoms with Gasteiger partial charge in [0.05, 0.1) is 0 Å². The summed E-state index contributed by atoms with van der Waals surface area (Å²) >= 11 is 1.51. The first-order valence-electron chi connectivity index (χ1n) is 8.58. The van der Waals surface area contributed by atoms with Gasteiger partial charge in [-0.25, -0.2) is 0 Å². The first-order chi connectivity index (χ1) is 12.5. The van der Waals surface area contributed by atoms with Gasteiger partial charge in [0.2, 0.25) is 0 Å². The molecule has 2 aliphatic rings. The summed E-state index contributed by atoms with van der Waals surface area (Å²) in [7, 11) is 0. The monoisotopic (exact) mass is 388 g/mol. The number of rotatable bonds is 4. The van der Waals surface area contributed by atoms with E-state index in [2.05, 4.69) is 0 Å². The molecule has 0 bridgehead atoms. The van der Waals surface area contributed by atoms with Crippen LogP contribution >= 0.6 is 17.9 Å². The predicted octanol–water partition coefficient (Wildman–Crippen LogP) is 5.67. The molecule has 2 heterocycles. The molecule has 4 nitrogen and oxygen atoms in total. The van der Waals surface area contributed by atoms with E-state index in [1.807, 2.05) is 67.6 Å². The zero-order valence-corrected chi connectivity index (χ0v) is 16.5. The second kappa shape index (κ2) is 6.50. The van der Waals surface area contributed by atoms with Crippen LogP contribution in [-0.2, 0) is 18.4 Å². The zero-order chi connectivity index (χ0) is 18.2. The van der Waals surface area contributed by atoms with Gasteiger partial charge in [-0.05, 0) is 0 Å².